The Morgan fingerprint density at radius 2 is 1.06 bits per heavy atom. The zero-order valence-electron chi connectivity index (χ0n) is 26.4. The van der Waals surface area contributed by atoms with Gasteiger partial charge in [-0.2, -0.15) is 0 Å². The van der Waals surface area contributed by atoms with E-state index in [1.54, 1.807) is 0 Å². The second-order valence-electron chi connectivity index (χ2n) is 12.2. The van der Waals surface area contributed by atoms with Crippen molar-refractivity contribution in [1.29, 1.82) is 0 Å². The minimum atomic E-state index is -2.02. The van der Waals surface area contributed by atoms with Gasteiger partial charge < -0.3 is 104 Å². The van der Waals surface area contributed by atoms with Crippen LogP contribution in [-0.4, -0.2) is 223 Å². The summed E-state index contributed by atoms with van der Waals surface area (Å²) in [6.45, 7) is -1.78. The van der Waals surface area contributed by atoms with Gasteiger partial charge in [-0.25, -0.2) is 0 Å². The molecular weight excluding hydrogens is 674 g/mol. The fourth-order valence-corrected chi connectivity index (χ4v) is 6.09. The number of hydrogen-bond donors (Lipinski definition) is 13. The first-order valence-corrected chi connectivity index (χ1v) is 15.5. The molecule has 4 aliphatic heterocycles. The second-order valence-corrected chi connectivity index (χ2v) is 12.2. The van der Waals surface area contributed by atoms with Crippen molar-refractivity contribution in [3.63, 3.8) is 0 Å². The lowest BCUT2D eigenvalue weighted by Gasteiger charge is -2.50. The van der Waals surface area contributed by atoms with Crippen LogP contribution in [0.4, 0.5) is 0 Å². The molecule has 4 aliphatic rings. The zero-order chi connectivity index (χ0) is 36.3. The van der Waals surface area contributed by atoms with Crippen molar-refractivity contribution < 1.29 is 104 Å². The lowest BCUT2D eigenvalue weighted by Crippen LogP contribution is -2.70. The molecule has 0 aromatic carbocycles. The molecule has 0 aromatic rings. The van der Waals surface area contributed by atoms with E-state index in [4.69, 9.17) is 37.9 Å². The van der Waals surface area contributed by atoms with Crippen molar-refractivity contribution in [2.45, 2.75) is 130 Å². The molecule has 0 unspecified atom stereocenters. The first-order chi connectivity index (χ1) is 23.2. The molecule has 0 radical (unpaired) electrons. The van der Waals surface area contributed by atoms with Crippen LogP contribution in [-0.2, 0) is 42.7 Å². The van der Waals surface area contributed by atoms with Gasteiger partial charge in [0.25, 0.3) is 0 Å². The standard InChI is InChI=1S/C27H47NO21/c1-7(32)28-12-22(48-26-19(39)16(36)13(33)11(46-26)6-42-2)14(34)8(3-29)44-25(12)49-23-15(35)9(4-30)45-27(20(23)40)47-21-10(5-31)43-24(41)18(38)17(21)37/h8-27,29-31,33-41H,3-6H2,1-2H3,(H,28,32)/t8-,9-,10-,11-,12-,13+,14-,15+,16+,17-,18-,19-,20-,21-,22-,23+,24-,25+,26+,27+/m1/s1. The SMILES string of the molecule is COC[C@H]1O[C@@H](O[C@H]2[C@H](O)[C@@H](CO)O[C@@H](O[C@H]3[C@@H](O)[C@@H](CO)O[C@@H](O[C@H]4[C@H](O)[C@@H](O)[C@H](O)O[C@@H]4CO)[C@@H]3O)[C@@H]2NC(C)=O)[C@H](O)[C@@H](O)[C@H]1O. The number of ether oxygens (including phenoxy) is 8. The highest BCUT2D eigenvalue weighted by Crippen LogP contribution is 2.34. The lowest BCUT2D eigenvalue weighted by molar-refractivity contribution is -0.379. The van der Waals surface area contributed by atoms with Crippen LogP contribution in [0.2, 0.25) is 0 Å². The molecule has 0 aliphatic carbocycles. The first kappa shape index (κ1) is 40.4. The number of aliphatic hydroxyl groups excluding tert-OH is 12. The van der Waals surface area contributed by atoms with Gasteiger partial charge in [0, 0.05) is 14.0 Å². The molecule has 22 nitrogen and oxygen atoms in total. The summed E-state index contributed by atoms with van der Waals surface area (Å²) in [5, 5.41) is 127. The van der Waals surface area contributed by atoms with Crippen molar-refractivity contribution in [1.82, 2.24) is 5.32 Å². The highest BCUT2D eigenvalue weighted by molar-refractivity contribution is 5.73. The van der Waals surface area contributed by atoms with Crippen LogP contribution < -0.4 is 5.32 Å². The van der Waals surface area contributed by atoms with E-state index in [0.29, 0.717) is 0 Å². The van der Waals surface area contributed by atoms with Crippen molar-refractivity contribution in [2.24, 2.45) is 0 Å². The minimum absolute atomic E-state index is 0.251. The molecule has 22 heteroatoms. The van der Waals surface area contributed by atoms with E-state index < -0.39 is 148 Å². The third kappa shape index (κ3) is 8.66. The van der Waals surface area contributed by atoms with E-state index >= 15 is 0 Å². The molecule has 20 atom stereocenters. The fourth-order valence-electron chi connectivity index (χ4n) is 6.09. The van der Waals surface area contributed by atoms with Crippen LogP contribution >= 0.6 is 0 Å². The summed E-state index contributed by atoms with van der Waals surface area (Å²) in [4.78, 5) is 12.3. The van der Waals surface area contributed by atoms with Gasteiger partial charge in [-0.15, -0.1) is 0 Å². The maximum Gasteiger partial charge on any atom is 0.217 e. The quantitative estimate of drug-likeness (QED) is 0.0889. The summed E-state index contributed by atoms with van der Waals surface area (Å²) in [6.07, 6.45) is -33.0. The molecule has 13 N–H and O–H groups in total. The summed E-state index contributed by atoms with van der Waals surface area (Å²) in [5.74, 6) is -0.743. The summed E-state index contributed by atoms with van der Waals surface area (Å²) < 4.78 is 44.1. The van der Waals surface area contributed by atoms with Gasteiger partial charge in [0.1, 0.15) is 97.6 Å². The molecule has 286 valence electrons. The Hall–Kier alpha value is -1.33. The molecule has 0 spiro atoms. The number of carbonyl (C=O) groups is 1. The molecule has 4 fully saturated rings. The van der Waals surface area contributed by atoms with E-state index in [2.05, 4.69) is 5.32 Å². The topological polar surface area (TPSA) is 346 Å². The maximum absolute atomic E-state index is 12.3. The van der Waals surface area contributed by atoms with Crippen LogP contribution in [0.15, 0.2) is 0 Å². The van der Waals surface area contributed by atoms with Crippen LogP contribution in [0.5, 0.6) is 0 Å². The monoisotopic (exact) mass is 721 g/mol. The fraction of sp³-hybridized carbons (Fsp3) is 0.963. The molecular formula is C27H47NO21. The molecule has 1 amide bonds. The number of methoxy groups -OCH3 is 1. The van der Waals surface area contributed by atoms with E-state index in [1.165, 1.54) is 7.11 Å². The number of carbonyl (C=O) groups excluding carboxylic acids is 1. The molecule has 0 aromatic heterocycles. The van der Waals surface area contributed by atoms with Crippen molar-refractivity contribution in [3.05, 3.63) is 0 Å². The van der Waals surface area contributed by atoms with Crippen molar-refractivity contribution in [2.75, 3.05) is 33.5 Å². The maximum atomic E-state index is 12.3. The average molecular weight is 722 g/mol. The van der Waals surface area contributed by atoms with E-state index in [0.717, 1.165) is 6.92 Å². The predicted molar refractivity (Wildman–Crippen MR) is 150 cm³/mol. The number of rotatable bonds is 12. The Balaban J connectivity index is 1.61. The summed E-state index contributed by atoms with van der Waals surface area (Å²) in [7, 11) is 1.28. The molecule has 4 saturated heterocycles. The van der Waals surface area contributed by atoms with Gasteiger partial charge in [-0.1, -0.05) is 0 Å². The lowest BCUT2D eigenvalue weighted by atomic mass is 9.94. The molecule has 4 rings (SSSR count). The summed E-state index contributed by atoms with van der Waals surface area (Å²) >= 11 is 0. The Kier molecular flexibility index (Phi) is 14.4. The van der Waals surface area contributed by atoms with Crippen LogP contribution in [0.25, 0.3) is 0 Å². The Bertz CT molecular complexity index is 1040. The third-order valence-corrected chi connectivity index (χ3v) is 8.76. The molecule has 0 saturated carbocycles. The van der Waals surface area contributed by atoms with Crippen molar-refractivity contribution >= 4 is 5.91 Å². The van der Waals surface area contributed by atoms with Crippen LogP contribution in [0, 0.1) is 0 Å². The third-order valence-electron chi connectivity index (χ3n) is 8.76. The van der Waals surface area contributed by atoms with Crippen molar-refractivity contribution in [3.8, 4) is 0 Å². The average Bonchev–Trinajstić information content (AvgIpc) is 3.07. The highest BCUT2D eigenvalue weighted by atomic mass is 16.8. The van der Waals surface area contributed by atoms with Gasteiger partial charge in [0.15, 0.2) is 25.2 Å². The zero-order valence-corrected chi connectivity index (χ0v) is 26.4. The summed E-state index contributed by atoms with van der Waals surface area (Å²) in [5.41, 5.74) is 0. The van der Waals surface area contributed by atoms with Gasteiger partial charge in [0.05, 0.1) is 26.4 Å². The Morgan fingerprint density at radius 3 is 1.63 bits per heavy atom. The molecule has 49 heavy (non-hydrogen) atoms. The predicted octanol–water partition coefficient (Wildman–Crippen LogP) is -8.95. The number of hydrogen-bond acceptors (Lipinski definition) is 21. The normalized spacial score (nSPS) is 49.4. The van der Waals surface area contributed by atoms with Gasteiger partial charge in [-0.05, 0) is 0 Å². The Labute approximate surface area is 278 Å². The summed E-state index contributed by atoms with van der Waals surface area (Å²) in [6, 6.07) is -1.57. The number of nitrogens with one attached hydrogen (secondary N) is 1. The second kappa shape index (κ2) is 17.5. The van der Waals surface area contributed by atoms with Gasteiger partial charge in [-0.3, -0.25) is 4.79 Å². The molecule has 0 bridgehead atoms. The van der Waals surface area contributed by atoms with E-state index in [9.17, 15) is 66.1 Å². The minimum Gasteiger partial charge on any atom is -0.394 e. The highest BCUT2D eigenvalue weighted by Gasteiger charge is 2.55. The van der Waals surface area contributed by atoms with Crippen LogP contribution in [0.1, 0.15) is 6.92 Å². The first-order valence-electron chi connectivity index (χ1n) is 15.5. The van der Waals surface area contributed by atoms with E-state index in [-0.39, 0.29) is 6.61 Å². The number of amides is 1. The van der Waals surface area contributed by atoms with E-state index in [1.807, 2.05) is 0 Å². The smallest absolute Gasteiger partial charge is 0.217 e. The largest absolute Gasteiger partial charge is 0.394 e. The van der Waals surface area contributed by atoms with Gasteiger partial charge >= 0.3 is 0 Å². The Morgan fingerprint density at radius 1 is 0.551 bits per heavy atom. The van der Waals surface area contributed by atoms with Crippen LogP contribution in [0.3, 0.4) is 0 Å². The molecule has 4 heterocycles. The number of aliphatic hydroxyl groups is 12. The van der Waals surface area contributed by atoms with Gasteiger partial charge in [0.2, 0.25) is 5.91 Å².